The van der Waals surface area contributed by atoms with Gasteiger partial charge in [-0.3, -0.25) is 9.59 Å². The SMILES string of the molecule is CCOC(=O)c1ccccc1-c1c2ccc(=O)c(C)c-2oc2c(C)c(OC(C)=O)ccc12. The van der Waals surface area contributed by atoms with Gasteiger partial charge in [-0.1, -0.05) is 18.2 Å². The van der Waals surface area contributed by atoms with E-state index >= 15 is 0 Å². The van der Waals surface area contributed by atoms with Crippen molar-refractivity contribution in [2.24, 2.45) is 0 Å². The molecule has 0 amide bonds. The van der Waals surface area contributed by atoms with Crippen LogP contribution in [0.3, 0.4) is 0 Å². The lowest BCUT2D eigenvalue weighted by Crippen LogP contribution is -2.09. The molecule has 0 bridgehead atoms. The molecule has 0 fully saturated rings. The van der Waals surface area contributed by atoms with Crippen molar-refractivity contribution in [3.8, 4) is 28.2 Å². The number of benzene rings is 3. The lowest BCUT2D eigenvalue weighted by Gasteiger charge is -2.20. The topological polar surface area (TPSA) is 82.8 Å². The fourth-order valence-corrected chi connectivity index (χ4v) is 3.89. The first kappa shape index (κ1) is 21.3. The van der Waals surface area contributed by atoms with Crippen LogP contribution >= 0.6 is 0 Å². The molecule has 1 aliphatic heterocycles. The Bertz CT molecular complexity index is 1400. The van der Waals surface area contributed by atoms with E-state index in [1.165, 1.54) is 13.0 Å². The standard InChI is InChI=1S/C26H22O6/c1-5-30-26(29)18-9-7-6-8-17(18)23-19-10-12-21(28)14(2)24(19)32-25-15(3)22(31-16(4)27)13-11-20(23)25/h6-13H,5H2,1-4H3. The van der Waals surface area contributed by atoms with E-state index in [9.17, 15) is 14.4 Å². The molecule has 0 saturated carbocycles. The molecule has 0 aromatic heterocycles. The Labute approximate surface area is 184 Å². The minimum absolute atomic E-state index is 0.154. The van der Waals surface area contributed by atoms with E-state index in [1.54, 1.807) is 51.1 Å². The molecule has 2 aromatic rings. The van der Waals surface area contributed by atoms with Gasteiger partial charge in [-0.25, -0.2) is 4.79 Å². The van der Waals surface area contributed by atoms with Gasteiger partial charge in [0, 0.05) is 34.6 Å². The number of carbonyl (C=O) groups excluding carboxylic acids is 2. The largest absolute Gasteiger partial charge is 0.462 e. The van der Waals surface area contributed by atoms with Gasteiger partial charge < -0.3 is 13.9 Å². The summed E-state index contributed by atoms with van der Waals surface area (Å²) in [7, 11) is 0. The van der Waals surface area contributed by atoms with Crippen molar-refractivity contribution in [1.82, 2.24) is 0 Å². The van der Waals surface area contributed by atoms with Crippen LogP contribution in [0.2, 0.25) is 0 Å². The molecule has 6 heteroatoms. The molecule has 2 aliphatic rings. The van der Waals surface area contributed by atoms with Gasteiger partial charge in [0.05, 0.1) is 12.2 Å². The third-order valence-electron chi connectivity index (χ3n) is 5.40. The number of rotatable bonds is 4. The number of aryl methyl sites for hydroxylation is 1. The van der Waals surface area contributed by atoms with Crippen LogP contribution in [-0.4, -0.2) is 18.5 Å². The van der Waals surface area contributed by atoms with E-state index in [1.807, 2.05) is 12.1 Å². The maximum Gasteiger partial charge on any atom is 0.338 e. The summed E-state index contributed by atoms with van der Waals surface area (Å²) in [4.78, 5) is 36.6. The molecule has 0 radical (unpaired) electrons. The lowest BCUT2D eigenvalue weighted by atomic mass is 9.89. The summed E-state index contributed by atoms with van der Waals surface area (Å²) >= 11 is 0. The van der Waals surface area contributed by atoms with Crippen LogP contribution in [0.5, 0.6) is 5.75 Å². The van der Waals surface area contributed by atoms with Crippen LogP contribution in [0.15, 0.2) is 57.7 Å². The molecule has 2 aromatic carbocycles. The van der Waals surface area contributed by atoms with Gasteiger partial charge in [0.25, 0.3) is 0 Å². The highest BCUT2D eigenvalue weighted by molar-refractivity contribution is 6.08. The monoisotopic (exact) mass is 430 g/mol. The van der Waals surface area contributed by atoms with Crippen molar-refractivity contribution in [2.75, 3.05) is 6.61 Å². The lowest BCUT2D eigenvalue weighted by molar-refractivity contribution is -0.131. The van der Waals surface area contributed by atoms with Crippen LogP contribution < -0.4 is 10.2 Å². The number of carbonyl (C=O) groups is 2. The van der Waals surface area contributed by atoms with Gasteiger partial charge in [0.15, 0.2) is 5.43 Å². The second kappa shape index (κ2) is 8.30. The van der Waals surface area contributed by atoms with E-state index in [2.05, 4.69) is 0 Å². The Kier molecular flexibility index (Phi) is 5.53. The summed E-state index contributed by atoms with van der Waals surface area (Å²) in [5.41, 5.74) is 3.90. The predicted molar refractivity (Wildman–Crippen MR) is 121 cm³/mol. The van der Waals surface area contributed by atoms with Crippen molar-refractivity contribution >= 4 is 22.9 Å². The predicted octanol–water partition coefficient (Wildman–Crippen LogP) is 5.28. The van der Waals surface area contributed by atoms with Gasteiger partial charge >= 0.3 is 11.9 Å². The number of esters is 2. The van der Waals surface area contributed by atoms with Gasteiger partial charge in [-0.2, -0.15) is 0 Å². The second-order valence-corrected chi connectivity index (χ2v) is 7.47. The van der Waals surface area contributed by atoms with Crippen LogP contribution in [0.4, 0.5) is 0 Å². The van der Waals surface area contributed by atoms with E-state index in [0.29, 0.717) is 44.9 Å². The Morgan fingerprint density at radius 2 is 1.69 bits per heavy atom. The Balaban J connectivity index is 2.16. The molecule has 1 aliphatic carbocycles. The highest BCUT2D eigenvalue weighted by Gasteiger charge is 2.25. The first-order chi connectivity index (χ1) is 15.3. The van der Waals surface area contributed by atoms with Gasteiger partial charge in [-0.05, 0) is 56.7 Å². The van der Waals surface area contributed by atoms with Crippen molar-refractivity contribution < 1.29 is 23.5 Å². The maximum atomic E-state index is 12.7. The Hall–Kier alpha value is -3.93. The quantitative estimate of drug-likeness (QED) is 0.249. The van der Waals surface area contributed by atoms with E-state index in [-0.39, 0.29) is 12.0 Å². The van der Waals surface area contributed by atoms with Crippen LogP contribution in [0.25, 0.3) is 33.4 Å². The molecule has 162 valence electrons. The van der Waals surface area contributed by atoms with Gasteiger partial charge in [-0.15, -0.1) is 0 Å². The minimum atomic E-state index is -0.445. The van der Waals surface area contributed by atoms with Crippen molar-refractivity contribution in [3.05, 3.63) is 75.4 Å². The normalized spacial score (nSPS) is 11.0. The molecule has 0 saturated heterocycles. The molecule has 6 nitrogen and oxygen atoms in total. The zero-order chi connectivity index (χ0) is 23.0. The van der Waals surface area contributed by atoms with Crippen LogP contribution in [0.1, 0.15) is 35.3 Å². The third-order valence-corrected chi connectivity index (χ3v) is 5.40. The average molecular weight is 430 g/mol. The smallest absolute Gasteiger partial charge is 0.338 e. The van der Waals surface area contributed by atoms with Crippen LogP contribution in [-0.2, 0) is 9.53 Å². The van der Waals surface area contributed by atoms with Gasteiger partial charge in [0.1, 0.15) is 17.1 Å². The Morgan fingerprint density at radius 1 is 0.938 bits per heavy atom. The second-order valence-electron chi connectivity index (χ2n) is 7.47. The Morgan fingerprint density at radius 3 is 2.41 bits per heavy atom. The fraction of sp³-hybridized carbons (Fsp3) is 0.192. The van der Waals surface area contributed by atoms with Crippen LogP contribution in [0, 0.1) is 13.8 Å². The zero-order valence-electron chi connectivity index (χ0n) is 18.3. The average Bonchev–Trinajstić information content (AvgIpc) is 2.77. The maximum absolute atomic E-state index is 12.7. The molecule has 0 atom stereocenters. The zero-order valence-corrected chi connectivity index (χ0v) is 18.3. The highest BCUT2D eigenvalue weighted by atomic mass is 16.5. The number of ether oxygens (including phenoxy) is 2. The molecule has 32 heavy (non-hydrogen) atoms. The minimum Gasteiger partial charge on any atom is -0.462 e. The van der Waals surface area contributed by atoms with Crippen molar-refractivity contribution in [2.45, 2.75) is 27.7 Å². The van der Waals surface area contributed by atoms with Crippen molar-refractivity contribution in [1.29, 1.82) is 0 Å². The van der Waals surface area contributed by atoms with Gasteiger partial charge in [0.2, 0.25) is 0 Å². The summed E-state index contributed by atoms with van der Waals surface area (Å²) in [6.45, 7) is 6.82. The summed E-state index contributed by atoms with van der Waals surface area (Å²) in [5.74, 6) is -0.0924. The molecule has 4 rings (SSSR count). The highest BCUT2D eigenvalue weighted by Crippen LogP contribution is 2.44. The third kappa shape index (κ3) is 3.54. The first-order valence-electron chi connectivity index (χ1n) is 10.3. The molecule has 0 N–H and O–H groups in total. The van der Waals surface area contributed by atoms with E-state index in [4.69, 9.17) is 13.9 Å². The molecular weight excluding hydrogens is 408 g/mol. The van der Waals surface area contributed by atoms with E-state index < -0.39 is 11.9 Å². The molecule has 0 unspecified atom stereocenters. The number of hydrogen-bond donors (Lipinski definition) is 0. The summed E-state index contributed by atoms with van der Waals surface area (Å²) in [6, 6.07) is 13.9. The van der Waals surface area contributed by atoms with E-state index in [0.717, 1.165) is 10.9 Å². The fourth-order valence-electron chi connectivity index (χ4n) is 3.89. The summed E-state index contributed by atoms with van der Waals surface area (Å²) in [5, 5.41) is 0.723. The summed E-state index contributed by atoms with van der Waals surface area (Å²) in [6.07, 6.45) is 0. The molecule has 1 heterocycles. The van der Waals surface area contributed by atoms with Crippen molar-refractivity contribution in [3.63, 3.8) is 0 Å². The number of hydrogen-bond acceptors (Lipinski definition) is 6. The molecule has 0 spiro atoms. The number of fused-ring (bicyclic) bond motifs is 2. The first-order valence-corrected chi connectivity index (χ1v) is 10.3. The summed E-state index contributed by atoms with van der Waals surface area (Å²) < 4.78 is 16.8. The molecular formula is C26H22O6.